The second-order valence-corrected chi connectivity index (χ2v) is 4.13. The molecule has 0 fully saturated rings. The zero-order valence-electron chi connectivity index (χ0n) is 16.4. The van der Waals surface area contributed by atoms with Gasteiger partial charge in [0.15, 0.2) is 0 Å². The molecule has 0 aliphatic carbocycles. The van der Waals surface area contributed by atoms with Crippen molar-refractivity contribution in [3.05, 3.63) is 29.8 Å². The van der Waals surface area contributed by atoms with Gasteiger partial charge in [-0.2, -0.15) is 9.59 Å². The molecule has 0 bridgehead atoms. The van der Waals surface area contributed by atoms with Crippen LogP contribution in [0.5, 0.6) is 0 Å². The number of carbonyl (C=O) groups is 2. The molecule has 10 nitrogen and oxygen atoms in total. The normalized spacial score (nSPS) is 7.54. The molecule has 0 spiro atoms. The number of halogens is 1. The maximum atomic E-state index is 11.6. The van der Waals surface area contributed by atoms with Crippen molar-refractivity contribution in [3.8, 4) is 0 Å². The predicted octanol–water partition coefficient (Wildman–Crippen LogP) is -9.74. The monoisotopic (exact) mass is 440 g/mol. The Morgan fingerprint density at radius 3 is 1.82 bits per heavy atom. The van der Waals surface area contributed by atoms with Gasteiger partial charge in [0.1, 0.15) is 6.61 Å². The fourth-order valence-electron chi connectivity index (χ4n) is 1.51. The van der Waals surface area contributed by atoms with Gasteiger partial charge >= 0.3 is 71.2 Å². The molecule has 0 radical (unpaired) electrons. The Balaban J connectivity index is -0.0000000963. The minimum atomic E-state index is -2.08. The third kappa shape index (κ3) is 27.6. The van der Waals surface area contributed by atoms with E-state index in [1.54, 1.807) is 24.3 Å². The Bertz CT molecular complexity index is 521. The number of hydrogen-bond donors (Lipinski definition) is 2. The summed E-state index contributed by atoms with van der Waals surface area (Å²) in [5.41, 5.74) is 6.73. The summed E-state index contributed by atoms with van der Waals surface area (Å²) in [5.74, 6) is -0.294. The van der Waals surface area contributed by atoms with Gasteiger partial charge < -0.3 is 48.3 Å². The van der Waals surface area contributed by atoms with Crippen LogP contribution in [0.3, 0.4) is 0 Å². The molecule has 1 rings (SSSR count). The largest absolute Gasteiger partial charge is 1.00 e. The van der Waals surface area contributed by atoms with Gasteiger partial charge in [0.05, 0.1) is 5.56 Å². The van der Waals surface area contributed by atoms with E-state index >= 15 is 0 Å². The average molecular weight is 441 g/mol. The maximum absolute atomic E-state index is 11.6. The van der Waals surface area contributed by atoms with Gasteiger partial charge in [0.2, 0.25) is 6.16 Å². The predicted molar refractivity (Wildman–Crippen MR) is 85.6 cm³/mol. The standard InChI is InChI=1S/C13H20N2O2.CH2O3.CO2.ClH.2Na.H2O/c1-3-15(4-2)9-10-17-13(16)11-5-7-12(14)8-6-11;2-1(3)4;2-1-3;;;;/h5-8H,3-4,9-10,14H2,1-2H3;(H2,2,3,4);;1H;;;1H2/q;;;;2*+1;/p-2. The molecule has 0 atom stereocenters. The van der Waals surface area contributed by atoms with Gasteiger partial charge in [-0.05, 0) is 37.4 Å². The summed E-state index contributed by atoms with van der Waals surface area (Å²) in [5, 5.41) is 15.3. The molecule has 1 aromatic carbocycles. The Labute approximate surface area is 214 Å². The second kappa shape index (κ2) is 28.6. The summed E-state index contributed by atoms with van der Waals surface area (Å²) in [7, 11) is 0. The smallest absolute Gasteiger partial charge is 1.00 e. The van der Waals surface area contributed by atoms with Crippen LogP contribution in [0.15, 0.2) is 24.3 Å². The molecule has 150 valence electrons. The molecule has 5 N–H and O–H groups in total. The third-order valence-corrected chi connectivity index (χ3v) is 2.68. The van der Waals surface area contributed by atoms with Crippen molar-refractivity contribution in [3.63, 3.8) is 0 Å². The molecule has 0 saturated heterocycles. The molecule has 1 aromatic rings. The number of carboxylic acid groups (broad SMARTS) is 2. The van der Waals surface area contributed by atoms with Crippen LogP contribution in [-0.4, -0.2) is 60.0 Å². The number of nitrogens with two attached hydrogens (primary N) is 1. The summed E-state index contributed by atoms with van der Waals surface area (Å²) in [4.78, 5) is 38.5. The number of benzene rings is 1. The Morgan fingerprint density at radius 1 is 1.14 bits per heavy atom. The number of nitrogens with zero attached hydrogens (tertiary/aromatic N) is 1. The van der Waals surface area contributed by atoms with E-state index in [0.717, 1.165) is 19.6 Å². The molecule has 28 heavy (non-hydrogen) atoms. The van der Waals surface area contributed by atoms with Gasteiger partial charge in [-0.15, -0.1) is 0 Å². The van der Waals surface area contributed by atoms with E-state index in [9.17, 15) is 4.79 Å². The number of likely N-dealkylation sites (N-methyl/N-ethyl adjacent to an activating group) is 1. The summed E-state index contributed by atoms with van der Waals surface area (Å²) in [6, 6.07) is 6.74. The molecule has 0 amide bonds. The molecule has 0 aromatic heterocycles. The van der Waals surface area contributed by atoms with Crippen LogP contribution in [0.4, 0.5) is 10.5 Å². The van der Waals surface area contributed by atoms with E-state index in [0.29, 0.717) is 17.9 Å². The minimum absolute atomic E-state index is 0. The summed E-state index contributed by atoms with van der Waals surface area (Å²) in [6.07, 6.45) is -1.83. The molecular weight excluding hydrogens is 418 g/mol. The molecule has 0 unspecified atom stereocenters. The Hall–Kier alpha value is -0.650. The zero-order valence-corrected chi connectivity index (χ0v) is 21.2. The molecule has 0 aliphatic rings. The van der Waals surface area contributed by atoms with Gasteiger partial charge in [0, 0.05) is 12.2 Å². The summed E-state index contributed by atoms with van der Waals surface area (Å²) < 4.78 is 5.18. The number of rotatable bonds is 6. The van der Waals surface area contributed by atoms with Crippen molar-refractivity contribution in [2.24, 2.45) is 0 Å². The number of ether oxygens (including phenoxy) is 1. The third-order valence-electron chi connectivity index (χ3n) is 2.68. The first-order valence-corrected chi connectivity index (χ1v) is 6.96. The topological polar surface area (TPSA) is 182 Å². The first-order chi connectivity index (χ1) is 11.3. The van der Waals surface area contributed by atoms with Crippen LogP contribution in [0, 0.1) is 0 Å². The van der Waals surface area contributed by atoms with Gasteiger partial charge in [-0.25, -0.2) is 4.79 Å². The van der Waals surface area contributed by atoms with Gasteiger partial charge in [0.25, 0.3) is 0 Å². The van der Waals surface area contributed by atoms with Crippen molar-refractivity contribution in [2.45, 2.75) is 13.8 Å². The first kappa shape index (κ1) is 41.7. The van der Waals surface area contributed by atoms with Crippen molar-refractivity contribution in [1.29, 1.82) is 0 Å². The van der Waals surface area contributed by atoms with Gasteiger partial charge in [-0.3, -0.25) is 0 Å². The minimum Gasteiger partial charge on any atom is -1.00 e. The molecule has 0 saturated carbocycles. The van der Waals surface area contributed by atoms with Crippen LogP contribution >= 0.6 is 0 Å². The molecular formula is C15H23ClN2Na2O8. The number of anilines is 1. The Morgan fingerprint density at radius 2 is 1.50 bits per heavy atom. The van der Waals surface area contributed by atoms with E-state index in [2.05, 4.69) is 18.7 Å². The van der Waals surface area contributed by atoms with Crippen LogP contribution in [0.1, 0.15) is 24.2 Å². The van der Waals surface area contributed by atoms with E-state index in [1.165, 1.54) is 0 Å². The number of hydrogen-bond acceptors (Lipinski definition) is 8. The van der Waals surface area contributed by atoms with Crippen LogP contribution < -0.4 is 82.4 Å². The van der Waals surface area contributed by atoms with E-state index in [1.807, 2.05) is 0 Å². The van der Waals surface area contributed by atoms with Crippen LogP contribution in [0.2, 0.25) is 0 Å². The van der Waals surface area contributed by atoms with E-state index in [4.69, 9.17) is 35.1 Å². The SMILES string of the molecule is CCN(CC)CCOC(=O)c1ccc(N)cc1.O.O=C([O-])O.O=C=O.[Cl-].[Na+].[Na+]. The van der Waals surface area contributed by atoms with E-state index < -0.39 is 6.16 Å². The second-order valence-electron chi connectivity index (χ2n) is 4.13. The number of nitrogen functional groups attached to an aromatic ring is 1. The fraction of sp³-hybridized carbons (Fsp3) is 0.400. The van der Waals surface area contributed by atoms with Crippen LogP contribution in [-0.2, 0) is 14.3 Å². The maximum Gasteiger partial charge on any atom is 1.00 e. The van der Waals surface area contributed by atoms with Gasteiger partial charge in [-0.1, -0.05) is 13.8 Å². The summed E-state index contributed by atoms with van der Waals surface area (Å²) in [6.45, 7) is 7.31. The van der Waals surface area contributed by atoms with Crippen molar-refractivity contribution in [2.75, 3.05) is 32.0 Å². The number of carbonyl (C=O) groups excluding carboxylic acids is 3. The molecule has 0 aliphatic heterocycles. The zero-order chi connectivity index (χ0) is 19.0. The number of esters is 1. The molecule has 13 heteroatoms. The fourth-order valence-corrected chi connectivity index (χ4v) is 1.51. The molecule has 0 heterocycles. The van der Waals surface area contributed by atoms with Crippen molar-refractivity contribution < 1.29 is 111 Å². The quantitative estimate of drug-likeness (QED) is 0.246. The average Bonchev–Trinajstić information content (AvgIpc) is 2.52. The van der Waals surface area contributed by atoms with Crippen molar-refractivity contribution >= 4 is 24.0 Å². The van der Waals surface area contributed by atoms with Crippen LogP contribution in [0.25, 0.3) is 0 Å². The Kier molecular flexibility index (Phi) is 42.5. The van der Waals surface area contributed by atoms with E-state index in [-0.39, 0.29) is 89.1 Å². The summed E-state index contributed by atoms with van der Waals surface area (Å²) >= 11 is 0. The first-order valence-electron chi connectivity index (χ1n) is 6.96. The van der Waals surface area contributed by atoms with Crippen molar-refractivity contribution in [1.82, 2.24) is 4.90 Å².